The van der Waals surface area contributed by atoms with E-state index in [-0.39, 0.29) is 52.9 Å². The summed E-state index contributed by atoms with van der Waals surface area (Å²) in [5.41, 5.74) is 9.58. The van der Waals surface area contributed by atoms with Crippen LogP contribution >= 0.6 is 69.0 Å². The van der Waals surface area contributed by atoms with E-state index in [9.17, 15) is 32.6 Å². The topological polar surface area (TPSA) is 301 Å². The van der Waals surface area contributed by atoms with Crippen LogP contribution in [0.15, 0.2) is 152 Å². The fourth-order valence-corrected chi connectivity index (χ4v) is 12.8. The summed E-state index contributed by atoms with van der Waals surface area (Å²) in [6.07, 6.45) is 9.67. The maximum absolute atomic E-state index is 13.4. The average molecular weight is 1730 g/mol. The maximum Gasteiger partial charge on any atom is 0.376 e. The van der Waals surface area contributed by atoms with Gasteiger partial charge >= 0.3 is 7.05 Å². The minimum Gasteiger partial charge on any atom is -0.437 e. The zero-order chi connectivity index (χ0) is 81.3. The number of amides is 1. The number of hydroxylamine groups is 2. The van der Waals surface area contributed by atoms with E-state index in [0.29, 0.717) is 51.0 Å². The molecule has 0 spiro atoms. The first-order chi connectivity index (χ1) is 53.5. The lowest BCUT2D eigenvalue weighted by atomic mass is 9.80. The number of aromatic amines is 2. The maximum atomic E-state index is 13.4. The highest BCUT2D eigenvalue weighted by Crippen LogP contribution is 2.31. The van der Waals surface area contributed by atoms with Gasteiger partial charge in [-0.1, -0.05) is 112 Å². The van der Waals surface area contributed by atoms with E-state index in [0.717, 1.165) is 111 Å². The summed E-state index contributed by atoms with van der Waals surface area (Å²) in [6, 6.07) is 35.6. The first kappa shape index (κ1) is 90.8. The average Bonchev–Trinajstić information content (AvgIpc) is 1.69. The van der Waals surface area contributed by atoms with Crippen molar-refractivity contribution >= 4 is 121 Å². The summed E-state index contributed by atoms with van der Waals surface area (Å²) in [7, 11) is 2.42. The molecule has 0 unspecified atom stereocenters. The van der Waals surface area contributed by atoms with Crippen molar-refractivity contribution in [1.29, 1.82) is 0 Å². The van der Waals surface area contributed by atoms with E-state index < -0.39 is 35.3 Å². The Morgan fingerprint density at radius 1 is 0.575 bits per heavy atom. The fraction of sp³-hybridized carbons (Fsp3) is 0.312. The van der Waals surface area contributed by atoms with Crippen LogP contribution < -0.4 is 15.5 Å². The van der Waals surface area contributed by atoms with Gasteiger partial charge in [-0.05, 0) is 208 Å². The van der Waals surface area contributed by atoms with Crippen molar-refractivity contribution in [3.63, 3.8) is 0 Å². The molecule has 0 bridgehead atoms. The number of piperazine rings is 2. The number of H-pyrrole nitrogens is 2. The highest BCUT2D eigenvalue weighted by Gasteiger charge is 2.29. The molecule has 2 saturated heterocycles. The number of hydrogen-bond acceptors (Lipinski definition) is 21. The lowest BCUT2D eigenvalue weighted by Crippen LogP contribution is -2.56. The number of aromatic nitrogens is 14. The van der Waals surface area contributed by atoms with Crippen molar-refractivity contribution in [2.45, 2.75) is 101 Å². The molecule has 113 heavy (non-hydrogen) atoms. The standard InChI is InChI=1S/C20H26N6.2C12H8ClFN2O.C12H9ClN4.C9H21BN2O.C8H9FN2O2.C6H5ClIN.CH4/c1-13(2)11-15-12-26(10-9-21-15)17-7-6-14(3)18(23-17)19-16-5-4-8-22-20(16)25-24-19;2*1-7-4-5-9(13)16-10(7)11(17)8-3-2-6-15-12(8)14;1-7-4-5-9(13)15-10(7)11-8-3-2-6-14-12(8)17-16-11;1-8(2)6-9-7-11-4-5-12(9)10(3)13;1-11(13-2)8(12)6-4-3-5-10-7(6)9;1-4-2-3-5(7)9-6(4)8;/h4-8,13,15,21H,9-12H2,1-3H3,(H,22,24,25);2*2-6H,1H3;2-6H,1H3,(H,14,16,17);8-9,11,13H,4-7H2,1-3H3;3-5H,1-2H3;2-3H,1H3;1H4/t15-;;;;9-;;;/m0...0.../s1. The molecule has 0 saturated carbocycles. The molecule has 33 heteroatoms. The van der Waals surface area contributed by atoms with Crippen molar-refractivity contribution in [2.75, 3.05) is 58.3 Å². The molecule has 2 aliphatic rings. The van der Waals surface area contributed by atoms with E-state index in [4.69, 9.17) is 51.4 Å². The predicted octanol–water partition coefficient (Wildman–Crippen LogP) is 16.3. The Kier molecular flexibility index (Phi) is 35.6. The minimum atomic E-state index is -0.807. The molecule has 2 atom stereocenters. The first-order valence-corrected chi connectivity index (χ1v) is 38.2. The second-order valence-electron chi connectivity index (χ2n) is 26.7. The number of nitrogens with one attached hydrogen (secondary N) is 4. The second kappa shape index (κ2) is 44.3. The molecular formula is C80H90BCl4F3IN19O5. The Labute approximate surface area is 689 Å². The molecule has 2 fully saturated rings. The highest BCUT2D eigenvalue weighted by molar-refractivity contribution is 14.1. The van der Waals surface area contributed by atoms with Gasteiger partial charge in [-0.2, -0.15) is 23.4 Å². The normalized spacial score (nSPS) is 13.7. The monoisotopic (exact) mass is 1730 g/mol. The third-order valence-corrected chi connectivity index (χ3v) is 19.3. The lowest BCUT2D eigenvalue weighted by molar-refractivity contribution is -0.0760. The molecular weight excluding hydrogens is 1640 g/mol. The van der Waals surface area contributed by atoms with Gasteiger partial charge in [0.05, 0.1) is 46.6 Å². The SMILES string of the molecule is C.CB(O)N1CCNC[C@@H]1CC(C)C.CON(C)C(=O)c1cccnc1F.Cc1ccc(Cl)nc1-c1[nH]nc2ncccc12.Cc1ccc(Cl)nc1C(=O)c1cccnc1F.Cc1ccc(Cl)nc1C(=O)c1cccnc1F.Cc1ccc(Cl)nc1I.Cc1ccc(N2CCN[C@@H](CC(C)C)C2)nc1-c1[nH]nc2ncccc12. The number of halogens is 8. The molecule has 0 radical (unpaired) electrons. The summed E-state index contributed by atoms with van der Waals surface area (Å²) in [5, 5.41) is 35.4. The number of carbonyl (C=O) groups is 3. The van der Waals surface area contributed by atoms with Crippen LogP contribution in [0.2, 0.25) is 27.4 Å². The zero-order valence-electron chi connectivity index (χ0n) is 63.8. The number of rotatable bonds is 14. The molecule has 12 aromatic rings. The van der Waals surface area contributed by atoms with Crippen LogP contribution in [-0.2, 0) is 4.84 Å². The van der Waals surface area contributed by atoms with Crippen LogP contribution in [0.5, 0.6) is 0 Å². The van der Waals surface area contributed by atoms with Gasteiger partial charge in [0.2, 0.25) is 29.4 Å². The van der Waals surface area contributed by atoms with Crippen LogP contribution in [0.4, 0.5) is 19.0 Å². The third-order valence-electron chi connectivity index (χ3n) is 17.3. The van der Waals surface area contributed by atoms with Gasteiger partial charge in [0.1, 0.15) is 41.5 Å². The number of fused-ring (bicyclic) bond motifs is 2. The Balaban J connectivity index is 0.000000186. The van der Waals surface area contributed by atoms with E-state index in [1.807, 2.05) is 57.1 Å². The molecule has 24 nitrogen and oxygen atoms in total. The molecule has 5 N–H and O–H groups in total. The predicted molar refractivity (Wildman–Crippen MR) is 449 cm³/mol. The van der Waals surface area contributed by atoms with Gasteiger partial charge in [0.15, 0.2) is 11.3 Å². The van der Waals surface area contributed by atoms with E-state index >= 15 is 0 Å². The number of anilines is 1. The number of ketones is 2. The number of nitrogens with zero attached hydrogens (tertiary/aromatic N) is 15. The van der Waals surface area contributed by atoms with E-state index in [1.54, 1.807) is 62.6 Å². The van der Waals surface area contributed by atoms with E-state index in [2.05, 4.69) is 160 Å². The van der Waals surface area contributed by atoms with Gasteiger partial charge in [0.25, 0.3) is 5.91 Å². The molecule has 0 aliphatic carbocycles. The van der Waals surface area contributed by atoms with Crippen molar-refractivity contribution in [3.8, 4) is 22.8 Å². The smallest absolute Gasteiger partial charge is 0.376 e. The molecule has 14 rings (SSSR count). The number of aryl methyl sites for hydroxylation is 5. The van der Waals surface area contributed by atoms with Crippen LogP contribution in [0, 0.1) is 68.0 Å². The summed E-state index contributed by atoms with van der Waals surface area (Å²) >= 11 is 25.1. The third kappa shape index (κ3) is 26.1. The quantitative estimate of drug-likeness (QED) is 0.0222. The molecule has 594 valence electrons. The van der Waals surface area contributed by atoms with Gasteiger partial charge in [-0.15, -0.1) is 0 Å². The highest BCUT2D eigenvalue weighted by atomic mass is 127. The second-order valence-corrected chi connectivity index (χ2v) is 29.2. The Hall–Kier alpha value is -9.41. The van der Waals surface area contributed by atoms with Crippen molar-refractivity contribution in [2.24, 2.45) is 11.8 Å². The lowest BCUT2D eigenvalue weighted by Gasteiger charge is -2.37. The summed E-state index contributed by atoms with van der Waals surface area (Å²) < 4.78 is 40.6. The molecule has 1 amide bonds. The molecule has 14 heterocycles. The van der Waals surface area contributed by atoms with Crippen LogP contribution in [0.1, 0.15) is 118 Å². The van der Waals surface area contributed by atoms with Crippen molar-refractivity contribution in [1.82, 2.24) is 90.7 Å². The molecule has 12 aromatic heterocycles. The van der Waals surface area contributed by atoms with Gasteiger partial charge in [0, 0.05) is 100 Å². The van der Waals surface area contributed by atoms with Crippen LogP contribution in [0.3, 0.4) is 0 Å². The summed E-state index contributed by atoms with van der Waals surface area (Å²) in [4.78, 5) is 84.5. The Morgan fingerprint density at radius 2 is 1.01 bits per heavy atom. The Bertz CT molecular complexity index is 5050. The van der Waals surface area contributed by atoms with Gasteiger partial charge in [-0.25, -0.2) is 54.9 Å². The minimum absolute atomic E-state index is 0. The number of carbonyl (C=O) groups excluding carboxylic acids is 3. The first-order valence-electron chi connectivity index (χ1n) is 35.6. The summed E-state index contributed by atoms with van der Waals surface area (Å²) in [5.74, 6) is -1.58. The van der Waals surface area contributed by atoms with Crippen molar-refractivity contribution < 1.29 is 37.4 Å². The van der Waals surface area contributed by atoms with Gasteiger partial charge in [-0.3, -0.25) is 29.4 Å². The van der Waals surface area contributed by atoms with Crippen LogP contribution in [-0.4, -0.2) is 175 Å². The van der Waals surface area contributed by atoms with Crippen molar-refractivity contribution in [3.05, 3.63) is 250 Å². The largest absolute Gasteiger partial charge is 0.437 e. The zero-order valence-corrected chi connectivity index (χ0v) is 69.0. The number of pyridine rings is 10. The Morgan fingerprint density at radius 3 is 1.47 bits per heavy atom. The number of hydrogen-bond donors (Lipinski definition) is 5. The molecule has 0 aromatic carbocycles. The van der Waals surface area contributed by atoms with Gasteiger partial charge < -0.3 is 25.4 Å². The van der Waals surface area contributed by atoms with E-state index in [1.165, 1.54) is 81.1 Å². The van der Waals surface area contributed by atoms with Crippen LogP contribution in [0.25, 0.3) is 44.8 Å². The molecule has 2 aliphatic heterocycles. The summed E-state index contributed by atoms with van der Waals surface area (Å²) in [6.45, 7) is 26.4. The fourth-order valence-electron chi connectivity index (χ4n) is 11.7.